The zero-order valence-electron chi connectivity index (χ0n) is 12.1. The Balaban J connectivity index is 1.68. The summed E-state index contributed by atoms with van der Waals surface area (Å²) < 4.78 is 8.58. The predicted octanol–water partition coefficient (Wildman–Crippen LogP) is 3.62. The van der Waals surface area contributed by atoms with Gasteiger partial charge in [0.25, 0.3) is 0 Å². The Morgan fingerprint density at radius 1 is 0.955 bits per heavy atom. The van der Waals surface area contributed by atoms with Gasteiger partial charge in [-0.3, -0.25) is 4.57 Å². The van der Waals surface area contributed by atoms with Crippen molar-refractivity contribution in [1.29, 1.82) is 0 Å². The maximum absolute atomic E-state index is 5.40. The Labute approximate surface area is 137 Å². The van der Waals surface area contributed by atoms with Gasteiger partial charge < -0.3 is 9.64 Å². The van der Waals surface area contributed by atoms with Crippen LogP contribution in [0.3, 0.4) is 0 Å². The first-order chi connectivity index (χ1) is 10.8. The summed E-state index contributed by atoms with van der Waals surface area (Å²) in [6.07, 6.45) is 1.88. The molecule has 0 N–H and O–H groups in total. The topological polar surface area (TPSA) is 30.3 Å². The lowest BCUT2D eigenvalue weighted by Crippen LogP contribution is -2.36. The van der Waals surface area contributed by atoms with Gasteiger partial charge in [-0.1, -0.05) is 15.9 Å². The molecule has 0 bridgehead atoms. The fourth-order valence-electron chi connectivity index (χ4n) is 2.83. The van der Waals surface area contributed by atoms with Crippen molar-refractivity contribution in [1.82, 2.24) is 9.55 Å². The van der Waals surface area contributed by atoms with Crippen LogP contribution in [0.4, 0.5) is 5.69 Å². The standard InChI is InChI=1S/C17H16BrN3O/c18-13-1-6-16-17(11-13)21(12-19-16)15-4-2-14(3-5-15)20-7-9-22-10-8-20/h1-6,11-12H,7-10H2. The van der Waals surface area contributed by atoms with E-state index in [0.29, 0.717) is 0 Å². The van der Waals surface area contributed by atoms with Gasteiger partial charge in [0.2, 0.25) is 0 Å². The van der Waals surface area contributed by atoms with Crippen LogP contribution >= 0.6 is 15.9 Å². The monoisotopic (exact) mass is 357 g/mol. The van der Waals surface area contributed by atoms with E-state index in [-0.39, 0.29) is 0 Å². The molecule has 5 heteroatoms. The highest BCUT2D eigenvalue weighted by Gasteiger charge is 2.11. The van der Waals surface area contributed by atoms with E-state index in [0.717, 1.165) is 47.5 Å². The molecule has 0 amide bonds. The van der Waals surface area contributed by atoms with Crippen molar-refractivity contribution in [2.75, 3.05) is 31.2 Å². The number of rotatable bonds is 2. The van der Waals surface area contributed by atoms with Crippen LogP contribution in [-0.2, 0) is 4.74 Å². The lowest BCUT2D eigenvalue weighted by atomic mass is 10.2. The summed E-state index contributed by atoms with van der Waals surface area (Å²) in [6, 6.07) is 14.8. The van der Waals surface area contributed by atoms with Gasteiger partial charge in [0, 0.05) is 28.9 Å². The SMILES string of the molecule is Brc1ccc2ncn(-c3ccc(N4CCOCC4)cc3)c2c1. The zero-order valence-corrected chi connectivity index (χ0v) is 13.7. The highest BCUT2D eigenvalue weighted by atomic mass is 79.9. The van der Waals surface area contributed by atoms with E-state index in [9.17, 15) is 0 Å². The average Bonchev–Trinajstić information content (AvgIpc) is 2.99. The third-order valence-corrected chi connectivity index (χ3v) is 4.51. The fourth-order valence-corrected chi connectivity index (χ4v) is 3.18. The van der Waals surface area contributed by atoms with Crippen molar-refractivity contribution in [3.8, 4) is 5.69 Å². The Hall–Kier alpha value is -1.85. The van der Waals surface area contributed by atoms with Crippen LogP contribution in [0.15, 0.2) is 53.3 Å². The van der Waals surface area contributed by atoms with Crippen molar-refractivity contribution in [3.05, 3.63) is 53.3 Å². The number of anilines is 1. The molecule has 3 aromatic rings. The van der Waals surface area contributed by atoms with Gasteiger partial charge in [0.1, 0.15) is 6.33 Å². The second kappa shape index (κ2) is 5.74. The molecular weight excluding hydrogens is 342 g/mol. The maximum atomic E-state index is 5.40. The van der Waals surface area contributed by atoms with E-state index in [1.807, 2.05) is 18.5 Å². The third-order valence-electron chi connectivity index (χ3n) is 4.01. The summed E-state index contributed by atoms with van der Waals surface area (Å²) in [5, 5.41) is 0. The number of hydrogen-bond acceptors (Lipinski definition) is 3. The van der Waals surface area contributed by atoms with Gasteiger partial charge in [0.05, 0.1) is 24.2 Å². The summed E-state index contributed by atoms with van der Waals surface area (Å²) in [4.78, 5) is 6.82. The Bertz CT molecular complexity index is 791. The van der Waals surface area contributed by atoms with E-state index in [4.69, 9.17) is 4.74 Å². The highest BCUT2D eigenvalue weighted by Crippen LogP contribution is 2.24. The molecular formula is C17H16BrN3O. The summed E-state index contributed by atoms with van der Waals surface area (Å²) in [6.45, 7) is 3.53. The molecule has 112 valence electrons. The first kappa shape index (κ1) is 13.8. The molecule has 4 rings (SSSR count). The molecule has 1 aromatic heterocycles. The third kappa shape index (κ3) is 2.51. The summed E-state index contributed by atoms with van der Waals surface area (Å²) >= 11 is 3.53. The van der Waals surface area contributed by atoms with Gasteiger partial charge in [-0.05, 0) is 42.5 Å². The molecule has 0 saturated carbocycles. The van der Waals surface area contributed by atoms with Crippen molar-refractivity contribution in [2.24, 2.45) is 0 Å². The lowest BCUT2D eigenvalue weighted by molar-refractivity contribution is 0.122. The number of halogens is 1. The highest BCUT2D eigenvalue weighted by molar-refractivity contribution is 9.10. The number of ether oxygens (including phenoxy) is 1. The van der Waals surface area contributed by atoms with Gasteiger partial charge in [-0.2, -0.15) is 0 Å². The molecule has 2 heterocycles. The Morgan fingerprint density at radius 2 is 1.68 bits per heavy atom. The van der Waals surface area contributed by atoms with Crippen molar-refractivity contribution >= 4 is 32.7 Å². The van der Waals surface area contributed by atoms with Crippen molar-refractivity contribution in [2.45, 2.75) is 0 Å². The normalized spacial score (nSPS) is 15.4. The van der Waals surface area contributed by atoms with Crippen LogP contribution < -0.4 is 4.90 Å². The van der Waals surface area contributed by atoms with Crippen molar-refractivity contribution < 1.29 is 4.74 Å². The first-order valence-electron chi connectivity index (χ1n) is 7.37. The smallest absolute Gasteiger partial charge is 0.100 e. The average molecular weight is 358 g/mol. The van der Waals surface area contributed by atoms with Crippen LogP contribution in [0, 0.1) is 0 Å². The fraction of sp³-hybridized carbons (Fsp3) is 0.235. The van der Waals surface area contributed by atoms with Gasteiger partial charge in [-0.15, -0.1) is 0 Å². The number of hydrogen-bond donors (Lipinski definition) is 0. The molecule has 0 spiro atoms. The molecule has 0 aliphatic carbocycles. The van der Waals surface area contributed by atoms with Crippen LogP contribution in [0.5, 0.6) is 0 Å². The summed E-state index contributed by atoms with van der Waals surface area (Å²) in [5.74, 6) is 0. The number of aromatic nitrogens is 2. The molecule has 22 heavy (non-hydrogen) atoms. The van der Waals surface area contributed by atoms with E-state index in [2.05, 4.69) is 60.7 Å². The number of fused-ring (bicyclic) bond motifs is 1. The van der Waals surface area contributed by atoms with E-state index in [1.54, 1.807) is 0 Å². The van der Waals surface area contributed by atoms with Crippen LogP contribution in [0.25, 0.3) is 16.7 Å². The lowest BCUT2D eigenvalue weighted by Gasteiger charge is -2.28. The first-order valence-corrected chi connectivity index (χ1v) is 8.16. The molecule has 1 fully saturated rings. The van der Waals surface area contributed by atoms with E-state index < -0.39 is 0 Å². The van der Waals surface area contributed by atoms with Gasteiger partial charge in [-0.25, -0.2) is 4.98 Å². The van der Waals surface area contributed by atoms with Crippen LogP contribution in [0.1, 0.15) is 0 Å². The molecule has 0 unspecified atom stereocenters. The second-order valence-corrected chi connectivity index (χ2v) is 6.28. The molecule has 1 aliphatic rings. The van der Waals surface area contributed by atoms with Crippen LogP contribution in [0.2, 0.25) is 0 Å². The summed E-state index contributed by atoms with van der Waals surface area (Å²) in [5.41, 5.74) is 4.48. The Morgan fingerprint density at radius 3 is 2.45 bits per heavy atom. The van der Waals surface area contributed by atoms with Crippen molar-refractivity contribution in [3.63, 3.8) is 0 Å². The molecule has 0 radical (unpaired) electrons. The molecule has 1 aliphatic heterocycles. The molecule has 4 nitrogen and oxygen atoms in total. The number of benzene rings is 2. The molecule has 0 atom stereocenters. The number of imidazole rings is 1. The number of morpholine rings is 1. The van der Waals surface area contributed by atoms with Gasteiger partial charge in [0.15, 0.2) is 0 Å². The van der Waals surface area contributed by atoms with Gasteiger partial charge >= 0.3 is 0 Å². The minimum atomic E-state index is 0.807. The largest absolute Gasteiger partial charge is 0.378 e. The Kier molecular flexibility index (Phi) is 3.60. The number of nitrogens with zero attached hydrogens (tertiary/aromatic N) is 3. The minimum absolute atomic E-state index is 0.807. The van der Waals surface area contributed by atoms with E-state index >= 15 is 0 Å². The second-order valence-electron chi connectivity index (χ2n) is 5.36. The molecule has 1 saturated heterocycles. The van der Waals surface area contributed by atoms with E-state index in [1.165, 1.54) is 5.69 Å². The maximum Gasteiger partial charge on any atom is 0.100 e. The summed E-state index contributed by atoms with van der Waals surface area (Å²) in [7, 11) is 0. The zero-order chi connectivity index (χ0) is 14.9. The minimum Gasteiger partial charge on any atom is -0.378 e. The predicted molar refractivity (Wildman–Crippen MR) is 91.8 cm³/mol. The molecule has 2 aromatic carbocycles. The quantitative estimate of drug-likeness (QED) is 0.701. The van der Waals surface area contributed by atoms with Crippen LogP contribution in [-0.4, -0.2) is 35.9 Å².